The van der Waals surface area contributed by atoms with Crippen LogP contribution in [0.3, 0.4) is 0 Å². The third-order valence-corrected chi connectivity index (χ3v) is 7.11. The van der Waals surface area contributed by atoms with Crippen LogP contribution in [0.25, 0.3) is 5.69 Å². The van der Waals surface area contributed by atoms with Gasteiger partial charge in [0.05, 0.1) is 18.5 Å². The Hall–Kier alpha value is -3.13. The predicted molar refractivity (Wildman–Crippen MR) is 126 cm³/mol. The zero-order valence-corrected chi connectivity index (χ0v) is 20.0. The van der Waals surface area contributed by atoms with Gasteiger partial charge in [0.2, 0.25) is 0 Å². The number of carbonyl (C=O) groups is 1. The smallest absolute Gasteiger partial charge is 0.431 e. The fourth-order valence-electron chi connectivity index (χ4n) is 5.07. The summed E-state index contributed by atoms with van der Waals surface area (Å²) in [6.07, 6.45) is -3.06. The van der Waals surface area contributed by atoms with Gasteiger partial charge in [0, 0.05) is 42.6 Å². The van der Waals surface area contributed by atoms with Gasteiger partial charge in [-0.25, -0.2) is 0 Å². The largest absolute Gasteiger partial charge is 0.496 e. The number of amides is 1. The number of rotatable bonds is 3. The fourth-order valence-corrected chi connectivity index (χ4v) is 5.23. The van der Waals surface area contributed by atoms with Crippen molar-refractivity contribution < 1.29 is 27.4 Å². The molecule has 0 saturated carbocycles. The Labute approximate surface area is 206 Å². The molecule has 1 saturated heterocycles. The van der Waals surface area contributed by atoms with Gasteiger partial charge in [-0.3, -0.25) is 4.79 Å². The molecular weight excluding hydrogens is 481 g/mol. The molecular formula is C26H24ClF3N2O3. The van der Waals surface area contributed by atoms with E-state index in [1.54, 1.807) is 36.3 Å². The van der Waals surface area contributed by atoms with Crippen LogP contribution in [-0.2, 0) is 18.2 Å². The van der Waals surface area contributed by atoms with Crippen molar-refractivity contribution in [2.75, 3.05) is 20.2 Å². The second-order valence-corrected chi connectivity index (χ2v) is 9.25. The van der Waals surface area contributed by atoms with Crippen LogP contribution in [0.1, 0.15) is 47.1 Å². The Balaban J connectivity index is 1.46. The first-order chi connectivity index (χ1) is 16.7. The molecule has 0 atom stereocenters. The lowest BCUT2D eigenvalue weighted by Gasteiger charge is -2.45. The quantitative estimate of drug-likeness (QED) is 0.424. The maximum Gasteiger partial charge on any atom is 0.431 e. The van der Waals surface area contributed by atoms with Gasteiger partial charge >= 0.3 is 6.18 Å². The molecule has 1 fully saturated rings. The standard InChI is InChI=1S/C26H24ClF3N2O3/c1-3-16-4-5-17(14-20(16)34-2)24(33)31-12-10-25(11-13-31)22-8-9-23(26(28,29)30)32(22)19-7-6-18(27)15-21(19)35-25/h4-9,14-15H,3,10-13H2,1-2H3. The number of hydrogen-bond donors (Lipinski definition) is 0. The maximum atomic E-state index is 13.9. The molecule has 2 aromatic carbocycles. The van der Waals surface area contributed by atoms with Crippen LogP contribution < -0.4 is 9.47 Å². The highest BCUT2D eigenvalue weighted by Gasteiger charge is 2.48. The van der Waals surface area contributed by atoms with Gasteiger partial charge in [0.25, 0.3) is 5.91 Å². The lowest BCUT2D eigenvalue weighted by molar-refractivity contribution is -0.143. The Morgan fingerprint density at radius 3 is 2.51 bits per heavy atom. The van der Waals surface area contributed by atoms with E-state index in [-0.39, 0.29) is 5.91 Å². The number of fused-ring (bicyclic) bond motifs is 4. The highest BCUT2D eigenvalue weighted by Crippen LogP contribution is 2.48. The molecule has 0 aliphatic carbocycles. The average molecular weight is 505 g/mol. The number of methoxy groups -OCH3 is 1. The first-order valence-corrected chi connectivity index (χ1v) is 11.8. The minimum absolute atomic E-state index is 0.147. The topological polar surface area (TPSA) is 43.7 Å². The number of carbonyl (C=O) groups excluding carboxylic acids is 1. The van der Waals surface area contributed by atoms with Crippen LogP contribution in [0.5, 0.6) is 11.5 Å². The Kier molecular flexibility index (Phi) is 5.74. The molecule has 3 heterocycles. The third kappa shape index (κ3) is 3.93. The summed E-state index contributed by atoms with van der Waals surface area (Å²) >= 11 is 6.14. The minimum Gasteiger partial charge on any atom is -0.496 e. The van der Waals surface area contributed by atoms with Crippen molar-refractivity contribution in [1.29, 1.82) is 0 Å². The number of piperidine rings is 1. The molecule has 2 aliphatic rings. The van der Waals surface area contributed by atoms with E-state index in [1.165, 1.54) is 16.7 Å². The van der Waals surface area contributed by atoms with Gasteiger partial charge < -0.3 is 18.9 Å². The average Bonchev–Trinajstić information content (AvgIpc) is 3.31. The lowest BCUT2D eigenvalue weighted by Crippen LogP contribution is -2.50. The summed E-state index contributed by atoms with van der Waals surface area (Å²) in [5.41, 5.74) is 0.493. The number of benzene rings is 2. The summed E-state index contributed by atoms with van der Waals surface area (Å²) in [5.74, 6) is 0.811. The van der Waals surface area contributed by atoms with Crippen LogP contribution >= 0.6 is 11.6 Å². The molecule has 1 amide bonds. The predicted octanol–water partition coefficient (Wildman–Crippen LogP) is 6.24. The van der Waals surface area contributed by atoms with Crippen molar-refractivity contribution in [2.45, 2.75) is 38.0 Å². The second kappa shape index (κ2) is 8.52. The molecule has 5 nitrogen and oxygen atoms in total. The zero-order chi connectivity index (χ0) is 25.0. The van der Waals surface area contributed by atoms with Crippen molar-refractivity contribution in [3.05, 3.63) is 76.1 Å². The highest BCUT2D eigenvalue weighted by atomic mass is 35.5. The SMILES string of the molecule is CCc1ccc(C(=O)N2CCC3(CC2)Oc2cc(Cl)ccc2-n2c(C(F)(F)F)ccc23)cc1OC. The van der Waals surface area contributed by atoms with Gasteiger partial charge in [-0.1, -0.05) is 24.6 Å². The number of nitrogens with zero attached hydrogens (tertiary/aromatic N) is 2. The fraction of sp³-hybridized carbons (Fsp3) is 0.346. The van der Waals surface area contributed by atoms with Gasteiger partial charge in [-0.05, 0) is 48.4 Å². The van der Waals surface area contributed by atoms with Crippen molar-refractivity contribution in [2.24, 2.45) is 0 Å². The third-order valence-electron chi connectivity index (χ3n) is 6.88. The number of alkyl halides is 3. The van der Waals surface area contributed by atoms with Crippen LogP contribution in [0.15, 0.2) is 48.5 Å². The lowest BCUT2D eigenvalue weighted by atomic mass is 9.86. The summed E-state index contributed by atoms with van der Waals surface area (Å²) in [7, 11) is 1.57. The summed E-state index contributed by atoms with van der Waals surface area (Å²) in [5, 5.41) is 0.375. The molecule has 35 heavy (non-hydrogen) atoms. The van der Waals surface area contributed by atoms with E-state index in [4.69, 9.17) is 21.1 Å². The van der Waals surface area contributed by atoms with Crippen molar-refractivity contribution in [1.82, 2.24) is 9.47 Å². The van der Waals surface area contributed by atoms with Gasteiger partial charge in [-0.15, -0.1) is 0 Å². The number of halogens is 4. The van der Waals surface area contributed by atoms with E-state index in [0.29, 0.717) is 59.4 Å². The molecule has 3 aromatic rings. The van der Waals surface area contributed by atoms with Crippen molar-refractivity contribution in [3.8, 4) is 17.2 Å². The van der Waals surface area contributed by atoms with E-state index in [2.05, 4.69) is 0 Å². The van der Waals surface area contributed by atoms with E-state index in [1.807, 2.05) is 13.0 Å². The molecule has 184 valence electrons. The number of likely N-dealkylation sites (tertiary alicyclic amines) is 1. The molecule has 0 radical (unpaired) electrons. The maximum absolute atomic E-state index is 13.9. The molecule has 1 spiro atoms. The summed E-state index contributed by atoms with van der Waals surface area (Å²) in [6.45, 7) is 2.68. The Morgan fingerprint density at radius 2 is 1.86 bits per heavy atom. The molecule has 2 aliphatic heterocycles. The Morgan fingerprint density at radius 1 is 1.11 bits per heavy atom. The van der Waals surface area contributed by atoms with Crippen LogP contribution in [0.4, 0.5) is 13.2 Å². The Bertz CT molecular complexity index is 1290. The summed E-state index contributed by atoms with van der Waals surface area (Å²) in [6, 6.07) is 12.6. The number of ether oxygens (including phenoxy) is 2. The summed E-state index contributed by atoms with van der Waals surface area (Å²) < 4.78 is 54.6. The summed E-state index contributed by atoms with van der Waals surface area (Å²) in [4.78, 5) is 14.9. The van der Waals surface area contributed by atoms with Crippen molar-refractivity contribution >= 4 is 17.5 Å². The van der Waals surface area contributed by atoms with Gasteiger partial charge in [-0.2, -0.15) is 13.2 Å². The number of aromatic nitrogens is 1. The number of aryl methyl sites for hydroxylation is 1. The van der Waals surface area contributed by atoms with E-state index < -0.39 is 17.5 Å². The first-order valence-electron chi connectivity index (χ1n) is 11.4. The molecule has 0 unspecified atom stereocenters. The number of hydrogen-bond acceptors (Lipinski definition) is 3. The molecule has 0 N–H and O–H groups in total. The zero-order valence-electron chi connectivity index (χ0n) is 19.3. The van der Waals surface area contributed by atoms with Gasteiger partial charge in [0.15, 0.2) is 5.60 Å². The molecule has 5 rings (SSSR count). The minimum atomic E-state index is -4.53. The normalized spacial score (nSPS) is 16.5. The van der Waals surface area contributed by atoms with E-state index >= 15 is 0 Å². The molecule has 1 aromatic heterocycles. The van der Waals surface area contributed by atoms with Crippen LogP contribution in [0, 0.1) is 0 Å². The van der Waals surface area contributed by atoms with E-state index in [0.717, 1.165) is 18.1 Å². The first kappa shape index (κ1) is 23.6. The molecule has 0 bridgehead atoms. The van der Waals surface area contributed by atoms with E-state index in [9.17, 15) is 18.0 Å². The highest BCUT2D eigenvalue weighted by molar-refractivity contribution is 6.30. The second-order valence-electron chi connectivity index (χ2n) is 8.82. The van der Waals surface area contributed by atoms with Crippen molar-refractivity contribution in [3.63, 3.8) is 0 Å². The van der Waals surface area contributed by atoms with Gasteiger partial charge in [0.1, 0.15) is 17.2 Å². The molecule has 9 heteroatoms. The van der Waals surface area contributed by atoms with Crippen LogP contribution in [0.2, 0.25) is 5.02 Å². The monoisotopic (exact) mass is 504 g/mol. The van der Waals surface area contributed by atoms with Crippen LogP contribution in [-0.4, -0.2) is 35.6 Å².